The van der Waals surface area contributed by atoms with Crippen LogP contribution in [0.2, 0.25) is 0 Å². The molecule has 2 rings (SSSR count). The molecule has 1 aromatic carbocycles. The average molecular weight is 300 g/mol. The Bertz CT molecular complexity index is 599. The van der Waals surface area contributed by atoms with Gasteiger partial charge in [0.1, 0.15) is 5.03 Å². The molecular formula is C11H10BrNO2S. The molecule has 5 heteroatoms. The summed E-state index contributed by atoms with van der Waals surface area (Å²) in [6.45, 7) is 1.92. The van der Waals surface area contributed by atoms with Gasteiger partial charge in [-0.05, 0) is 47.1 Å². The minimum absolute atomic E-state index is 0.197. The van der Waals surface area contributed by atoms with E-state index in [9.17, 15) is 8.42 Å². The number of aromatic nitrogens is 1. The molecule has 0 aliphatic rings. The third-order valence-electron chi connectivity index (χ3n) is 2.24. The summed E-state index contributed by atoms with van der Waals surface area (Å²) in [7, 11) is -3.42. The molecule has 1 N–H and O–H groups in total. The number of hydrogen-bond acceptors (Lipinski definition) is 2. The fraction of sp³-hybridized carbons (Fsp3) is 0.0909. The first kappa shape index (κ1) is 11.4. The Morgan fingerprint density at radius 3 is 2.19 bits per heavy atom. The summed E-state index contributed by atoms with van der Waals surface area (Å²) in [6, 6.07) is 9.99. The molecule has 84 valence electrons. The van der Waals surface area contributed by atoms with Crippen molar-refractivity contribution in [1.29, 1.82) is 0 Å². The van der Waals surface area contributed by atoms with Crippen molar-refractivity contribution in [2.75, 3.05) is 0 Å². The molecular weight excluding hydrogens is 290 g/mol. The predicted octanol–water partition coefficient (Wildman–Crippen LogP) is 2.92. The fourth-order valence-corrected chi connectivity index (χ4v) is 3.07. The van der Waals surface area contributed by atoms with Gasteiger partial charge in [-0.15, -0.1) is 0 Å². The van der Waals surface area contributed by atoms with Crippen LogP contribution in [-0.4, -0.2) is 13.4 Å². The quantitative estimate of drug-likeness (QED) is 0.927. The number of H-pyrrole nitrogens is 1. The molecule has 2 aromatic rings. The van der Waals surface area contributed by atoms with Crippen molar-refractivity contribution < 1.29 is 8.42 Å². The van der Waals surface area contributed by atoms with E-state index in [0.717, 1.165) is 5.56 Å². The molecule has 0 saturated carbocycles. The van der Waals surface area contributed by atoms with Gasteiger partial charge in [0, 0.05) is 0 Å². The van der Waals surface area contributed by atoms with Gasteiger partial charge in [-0.25, -0.2) is 8.42 Å². The van der Waals surface area contributed by atoms with Gasteiger partial charge in [-0.1, -0.05) is 17.7 Å². The van der Waals surface area contributed by atoms with Gasteiger partial charge >= 0.3 is 0 Å². The first-order chi connectivity index (χ1) is 7.50. The highest BCUT2D eigenvalue weighted by atomic mass is 79.9. The normalized spacial score (nSPS) is 11.6. The number of aromatic amines is 1. The Balaban J connectivity index is 2.51. The Morgan fingerprint density at radius 2 is 1.69 bits per heavy atom. The van der Waals surface area contributed by atoms with Crippen LogP contribution in [0.3, 0.4) is 0 Å². The molecule has 0 unspecified atom stereocenters. The second kappa shape index (κ2) is 4.07. The summed E-state index contributed by atoms with van der Waals surface area (Å²) in [6.07, 6.45) is 0. The lowest BCUT2D eigenvalue weighted by molar-refractivity contribution is 0.593. The van der Waals surface area contributed by atoms with Crippen LogP contribution in [0.4, 0.5) is 0 Å². The number of halogens is 1. The first-order valence-corrected chi connectivity index (χ1v) is 6.94. The van der Waals surface area contributed by atoms with E-state index in [-0.39, 0.29) is 5.03 Å². The molecule has 0 amide bonds. The molecule has 0 saturated heterocycles. The maximum absolute atomic E-state index is 12.1. The first-order valence-electron chi connectivity index (χ1n) is 4.66. The van der Waals surface area contributed by atoms with Gasteiger partial charge in [-0.2, -0.15) is 0 Å². The van der Waals surface area contributed by atoms with E-state index in [2.05, 4.69) is 20.9 Å². The topological polar surface area (TPSA) is 49.9 Å². The van der Waals surface area contributed by atoms with E-state index < -0.39 is 9.84 Å². The number of rotatable bonds is 2. The van der Waals surface area contributed by atoms with E-state index in [1.165, 1.54) is 0 Å². The van der Waals surface area contributed by atoms with Crippen molar-refractivity contribution >= 4 is 25.8 Å². The maximum atomic E-state index is 12.1. The monoisotopic (exact) mass is 299 g/mol. The largest absolute Gasteiger partial charge is 0.340 e. The zero-order chi connectivity index (χ0) is 11.8. The van der Waals surface area contributed by atoms with E-state index in [4.69, 9.17) is 0 Å². The predicted molar refractivity (Wildman–Crippen MR) is 65.1 cm³/mol. The molecule has 0 atom stereocenters. The smallest absolute Gasteiger partial charge is 0.221 e. The van der Waals surface area contributed by atoms with Crippen molar-refractivity contribution in [3.63, 3.8) is 0 Å². The van der Waals surface area contributed by atoms with Crippen molar-refractivity contribution in [2.45, 2.75) is 16.8 Å². The molecule has 0 bridgehead atoms. The van der Waals surface area contributed by atoms with Crippen LogP contribution in [0.5, 0.6) is 0 Å². The van der Waals surface area contributed by atoms with E-state index in [0.29, 0.717) is 9.50 Å². The van der Waals surface area contributed by atoms with Gasteiger partial charge in [0.15, 0.2) is 0 Å². The SMILES string of the molecule is Cc1ccc(S(=O)(=O)c2ccc(Br)[nH]2)cc1. The lowest BCUT2D eigenvalue weighted by Crippen LogP contribution is -2.02. The highest BCUT2D eigenvalue weighted by Gasteiger charge is 2.18. The Hall–Kier alpha value is -1.07. The number of aryl methyl sites for hydroxylation is 1. The maximum Gasteiger partial charge on any atom is 0.221 e. The van der Waals surface area contributed by atoms with Crippen molar-refractivity contribution in [3.8, 4) is 0 Å². The highest BCUT2D eigenvalue weighted by molar-refractivity contribution is 9.10. The van der Waals surface area contributed by atoms with Crippen LogP contribution in [0.1, 0.15) is 5.56 Å². The van der Waals surface area contributed by atoms with Gasteiger partial charge < -0.3 is 4.98 Å². The standard InChI is InChI=1S/C11H10BrNO2S/c1-8-2-4-9(5-3-8)16(14,15)11-7-6-10(12)13-11/h2-7,13H,1H3. The van der Waals surface area contributed by atoms with E-state index >= 15 is 0 Å². The third kappa shape index (κ3) is 2.05. The van der Waals surface area contributed by atoms with Gasteiger partial charge in [0.25, 0.3) is 0 Å². The molecule has 1 heterocycles. The Labute approximate surface area is 103 Å². The second-order valence-corrected chi connectivity index (χ2v) is 6.26. The number of nitrogens with one attached hydrogen (secondary N) is 1. The highest BCUT2D eigenvalue weighted by Crippen LogP contribution is 2.21. The van der Waals surface area contributed by atoms with Crippen LogP contribution in [-0.2, 0) is 9.84 Å². The Morgan fingerprint density at radius 1 is 1.06 bits per heavy atom. The van der Waals surface area contributed by atoms with Crippen LogP contribution >= 0.6 is 15.9 Å². The summed E-state index contributed by atoms with van der Waals surface area (Å²) >= 11 is 3.19. The van der Waals surface area contributed by atoms with E-state index in [1.807, 2.05) is 6.92 Å². The van der Waals surface area contributed by atoms with Crippen molar-refractivity contribution in [3.05, 3.63) is 46.6 Å². The zero-order valence-corrected chi connectivity index (χ0v) is 11.0. The van der Waals surface area contributed by atoms with Crippen LogP contribution in [0.25, 0.3) is 0 Å². The lowest BCUT2D eigenvalue weighted by Gasteiger charge is -2.02. The average Bonchev–Trinajstić information content (AvgIpc) is 2.66. The summed E-state index contributed by atoms with van der Waals surface area (Å²) in [5, 5.41) is 0.197. The minimum Gasteiger partial charge on any atom is -0.340 e. The third-order valence-corrected chi connectivity index (χ3v) is 4.42. The minimum atomic E-state index is -3.42. The molecule has 3 nitrogen and oxygen atoms in total. The molecule has 1 aromatic heterocycles. The van der Waals surface area contributed by atoms with Crippen LogP contribution in [0.15, 0.2) is 50.9 Å². The lowest BCUT2D eigenvalue weighted by atomic mass is 10.2. The molecule has 16 heavy (non-hydrogen) atoms. The number of hydrogen-bond donors (Lipinski definition) is 1. The fourth-order valence-electron chi connectivity index (χ4n) is 1.35. The Kier molecular flexibility index (Phi) is 2.90. The van der Waals surface area contributed by atoms with Gasteiger partial charge in [-0.3, -0.25) is 0 Å². The second-order valence-electron chi connectivity index (χ2n) is 3.49. The number of benzene rings is 1. The summed E-state index contributed by atoms with van der Waals surface area (Å²) < 4.78 is 24.9. The molecule has 0 fully saturated rings. The van der Waals surface area contributed by atoms with Gasteiger partial charge in [0.2, 0.25) is 9.84 Å². The van der Waals surface area contributed by atoms with Crippen LogP contribution < -0.4 is 0 Å². The molecule has 0 aliphatic carbocycles. The summed E-state index contributed by atoms with van der Waals surface area (Å²) in [5.41, 5.74) is 1.03. The van der Waals surface area contributed by atoms with Crippen LogP contribution in [0, 0.1) is 6.92 Å². The molecule has 0 aliphatic heterocycles. The van der Waals surface area contributed by atoms with Crippen molar-refractivity contribution in [2.24, 2.45) is 0 Å². The summed E-state index contributed by atoms with van der Waals surface area (Å²) in [5.74, 6) is 0. The zero-order valence-electron chi connectivity index (χ0n) is 8.57. The molecule has 0 spiro atoms. The molecule has 0 radical (unpaired) electrons. The summed E-state index contributed by atoms with van der Waals surface area (Å²) in [4.78, 5) is 3.06. The van der Waals surface area contributed by atoms with Crippen molar-refractivity contribution in [1.82, 2.24) is 4.98 Å². The number of sulfone groups is 1. The van der Waals surface area contributed by atoms with Gasteiger partial charge in [0.05, 0.1) is 9.50 Å². The van der Waals surface area contributed by atoms with E-state index in [1.54, 1.807) is 36.4 Å².